The summed E-state index contributed by atoms with van der Waals surface area (Å²) in [6.45, 7) is 4.84. The lowest BCUT2D eigenvalue weighted by Crippen LogP contribution is -2.42. The van der Waals surface area contributed by atoms with Crippen molar-refractivity contribution in [1.82, 2.24) is 20.0 Å². The molecule has 5 nitrogen and oxygen atoms in total. The van der Waals surface area contributed by atoms with E-state index in [1.165, 1.54) is 0 Å². The number of rotatable bonds is 4. The molecule has 2 rings (SSSR count). The van der Waals surface area contributed by atoms with E-state index < -0.39 is 0 Å². The van der Waals surface area contributed by atoms with Crippen LogP contribution < -0.4 is 5.32 Å². The number of amides is 1. The molecule has 1 amide bonds. The predicted octanol–water partition coefficient (Wildman–Crippen LogP) is 1.06. The van der Waals surface area contributed by atoms with E-state index >= 15 is 0 Å². The first kappa shape index (κ1) is 15.0. The molecule has 1 aliphatic heterocycles. The third-order valence-electron chi connectivity index (χ3n) is 3.15. The van der Waals surface area contributed by atoms with Crippen molar-refractivity contribution in [3.05, 3.63) is 18.0 Å². The van der Waals surface area contributed by atoms with Gasteiger partial charge in [-0.15, -0.1) is 12.4 Å². The van der Waals surface area contributed by atoms with Crippen molar-refractivity contribution in [2.75, 3.05) is 19.6 Å². The summed E-state index contributed by atoms with van der Waals surface area (Å²) >= 11 is 0. The number of hydrogen-bond acceptors (Lipinski definition) is 3. The molecule has 1 atom stereocenters. The second-order valence-corrected chi connectivity index (χ2v) is 4.55. The molecule has 1 fully saturated rings. The average Bonchev–Trinajstić information content (AvgIpc) is 2.95. The molecule has 102 valence electrons. The molecule has 0 aliphatic carbocycles. The molecule has 1 saturated heterocycles. The first-order valence-corrected chi connectivity index (χ1v) is 6.22. The molecular weight excluding hydrogens is 252 g/mol. The third-order valence-corrected chi connectivity index (χ3v) is 3.15. The van der Waals surface area contributed by atoms with Gasteiger partial charge < -0.3 is 10.2 Å². The van der Waals surface area contributed by atoms with Crippen molar-refractivity contribution < 1.29 is 4.79 Å². The topological polar surface area (TPSA) is 50.2 Å². The van der Waals surface area contributed by atoms with Crippen LogP contribution in [0.5, 0.6) is 0 Å². The number of nitrogens with zero attached hydrogens (tertiary/aromatic N) is 3. The maximum Gasteiger partial charge on any atom is 0.257 e. The predicted molar refractivity (Wildman–Crippen MR) is 73.1 cm³/mol. The van der Waals surface area contributed by atoms with Gasteiger partial charge in [0.2, 0.25) is 0 Å². The number of aryl methyl sites for hydroxylation is 1. The van der Waals surface area contributed by atoms with E-state index in [0.717, 1.165) is 32.5 Å². The van der Waals surface area contributed by atoms with Gasteiger partial charge in [-0.1, -0.05) is 6.92 Å². The largest absolute Gasteiger partial charge is 0.334 e. The zero-order chi connectivity index (χ0) is 12.3. The Kier molecular flexibility index (Phi) is 5.62. The van der Waals surface area contributed by atoms with Gasteiger partial charge in [0.25, 0.3) is 5.91 Å². The summed E-state index contributed by atoms with van der Waals surface area (Å²) < 4.78 is 1.67. The lowest BCUT2D eigenvalue weighted by molar-refractivity contribution is 0.0692. The number of halogens is 1. The van der Waals surface area contributed by atoms with Crippen LogP contribution in [0, 0.1) is 0 Å². The summed E-state index contributed by atoms with van der Waals surface area (Å²) in [6, 6.07) is 0.336. The minimum Gasteiger partial charge on any atom is -0.334 e. The summed E-state index contributed by atoms with van der Waals surface area (Å²) in [7, 11) is 1.83. The van der Waals surface area contributed by atoms with Crippen LogP contribution in [0.4, 0.5) is 0 Å². The van der Waals surface area contributed by atoms with Crippen molar-refractivity contribution in [1.29, 1.82) is 0 Å². The smallest absolute Gasteiger partial charge is 0.257 e. The van der Waals surface area contributed by atoms with Gasteiger partial charge in [0, 0.05) is 32.4 Å². The normalized spacial score (nSPS) is 18.4. The highest BCUT2D eigenvalue weighted by Crippen LogP contribution is 2.13. The fourth-order valence-electron chi connectivity index (χ4n) is 2.29. The summed E-state index contributed by atoms with van der Waals surface area (Å²) in [6.07, 6.45) is 5.47. The highest BCUT2D eigenvalue weighted by atomic mass is 35.5. The van der Waals surface area contributed by atoms with Crippen molar-refractivity contribution in [3.63, 3.8) is 0 Å². The summed E-state index contributed by atoms with van der Waals surface area (Å²) in [5, 5.41) is 7.37. The standard InChI is InChI=1S/C12H20N4O.ClH/c1-3-6-16(11-4-5-13-8-11)12(17)10-7-14-15(2)9-10;/h7,9,11,13H,3-6,8H2,1-2H3;1H. The molecule has 1 aromatic rings. The van der Waals surface area contributed by atoms with Crippen LogP contribution in [0.1, 0.15) is 30.1 Å². The minimum atomic E-state index is 0. The summed E-state index contributed by atoms with van der Waals surface area (Å²) in [5.74, 6) is 0.105. The van der Waals surface area contributed by atoms with Crippen LogP contribution >= 0.6 is 12.4 Å². The molecule has 1 aromatic heterocycles. The summed E-state index contributed by atoms with van der Waals surface area (Å²) in [4.78, 5) is 14.4. The van der Waals surface area contributed by atoms with Gasteiger partial charge in [0.1, 0.15) is 0 Å². The fraction of sp³-hybridized carbons (Fsp3) is 0.667. The van der Waals surface area contributed by atoms with Gasteiger partial charge in [0.05, 0.1) is 11.8 Å². The maximum absolute atomic E-state index is 12.4. The van der Waals surface area contributed by atoms with Gasteiger partial charge in [-0.2, -0.15) is 5.10 Å². The molecule has 1 N–H and O–H groups in total. The molecule has 0 bridgehead atoms. The van der Waals surface area contributed by atoms with Crippen molar-refractivity contribution in [2.24, 2.45) is 7.05 Å². The van der Waals surface area contributed by atoms with Crippen LogP contribution in [0.2, 0.25) is 0 Å². The van der Waals surface area contributed by atoms with Gasteiger partial charge >= 0.3 is 0 Å². The highest BCUT2D eigenvalue weighted by Gasteiger charge is 2.27. The number of carbonyl (C=O) groups excluding carboxylic acids is 1. The minimum absolute atomic E-state index is 0. The van der Waals surface area contributed by atoms with Crippen LogP contribution in [-0.2, 0) is 7.05 Å². The van der Waals surface area contributed by atoms with Crippen LogP contribution in [-0.4, -0.2) is 46.3 Å². The second kappa shape index (κ2) is 6.75. The van der Waals surface area contributed by atoms with Crippen molar-refractivity contribution >= 4 is 18.3 Å². The van der Waals surface area contributed by atoms with Crippen LogP contribution in [0.3, 0.4) is 0 Å². The van der Waals surface area contributed by atoms with Crippen LogP contribution in [0.15, 0.2) is 12.4 Å². The Hall–Kier alpha value is -1.07. The quantitative estimate of drug-likeness (QED) is 0.892. The van der Waals surface area contributed by atoms with Crippen molar-refractivity contribution in [3.8, 4) is 0 Å². The molecule has 1 unspecified atom stereocenters. The molecule has 0 spiro atoms. The monoisotopic (exact) mass is 272 g/mol. The third kappa shape index (κ3) is 3.23. The average molecular weight is 273 g/mol. The second-order valence-electron chi connectivity index (χ2n) is 4.55. The lowest BCUT2D eigenvalue weighted by atomic mass is 10.2. The van der Waals surface area contributed by atoms with Gasteiger partial charge in [0.15, 0.2) is 0 Å². The highest BCUT2D eigenvalue weighted by molar-refractivity contribution is 5.94. The zero-order valence-electron chi connectivity index (χ0n) is 10.9. The Labute approximate surface area is 114 Å². The molecule has 0 radical (unpaired) electrons. The van der Waals surface area contributed by atoms with E-state index in [4.69, 9.17) is 0 Å². The molecule has 2 heterocycles. The Bertz CT molecular complexity index is 387. The van der Waals surface area contributed by atoms with Gasteiger partial charge in [-0.25, -0.2) is 0 Å². The van der Waals surface area contributed by atoms with Gasteiger partial charge in [-0.3, -0.25) is 9.48 Å². The SMILES string of the molecule is CCCN(C(=O)c1cnn(C)c1)C1CCNC1.Cl. The van der Waals surface area contributed by atoms with E-state index in [1.54, 1.807) is 17.1 Å². The molecule has 0 saturated carbocycles. The number of nitrogens with one attached hydrogen (secondary N) is 1. The number of hydrogen-bond donors (Lipinski definition) is 1. The molecule has 1 aliphatic rings. The zero-order valence-corrected chi connectivity index (χ0v) is 11.7. The van der Waals surface area contributed by atoms with E-state index in [1.807, 2.05) is 11.9 Å². The van der Waals surface area contributed by atoms with Gasteiger partial charge in [-0.05, 0) is 19.4 Å². The Morgan fingerprint density at radius 2 is 2.44 bits per heavy atom. The number of carbonyl (C=O) groups is 1. The molecule has 0 aromatic carbocycles. The Balaban J connectivity index is 0.00000162. The summed E-state index contributed by atoms with van der Waals surface area (Å²) in [5.41, 5.74) is 0.688. The fourth-order valence-corrected chi connectivity index (χ4v) is 2.29. The first-order valence-electron chi connectivity index (χ1n) is 6.22. The molecule has 6 heteroatoms. The van der Waals surface area contributed by atoms with E-state index in [2.05, 4.69) is 17.3 Å². The van der Waals surface area contributed by atoms with E-state index in [9.17, 15) is 4.79 Å². The molecule has 18 heavy (non-hydrogen) atoms. The lowest BCUT2D eigenvalue weighted by Gasteiger charge is -2.27. The Morgan fingerprint density at radius 3 is 2.94 bits per heavy atom. The molecular formula is C12H21ClN4O. The number of aromatic nitrogens is 2. The Morgan fingerprint density at radius 1 is 1.67 bits per heavy atom. The maximum atomic E-state index is 12.4. The van der Waals surface area contributed by atoms with E-state index in [0.29, 0.717) is 11.6 Å². The van der Waals surface area contributed by atoms with Crippen LogP contribution in [0.25, 0.3) is 0 Å². The first-order chi connectivity index (χ1) is 8.22. The van der Waals surface area contributed by atoms with E-state index in [-0.39, 0.29) is 18.3 Å². The van der Waals surface area contributed by atoms with Crippen molar-refractivity contribution in [2.45, 2.75) is 25.8 Å².